The van der Waals surface area contributed by atoms with Gasteiger partial charge in [-0.1, -0.05) is 36.4 Å². The molecule has 5 nitrogen and oxygen atoms in total. The average molecular weight is 376 g/mol. The number of rotatable bonds is 3. The smallest absolute Gasteiger partial charge is 0.308 e. The number of para-hydroxylation sites is 2. The van der Waals surface area contributed by atoms with E-state index in [1.165, 1.54) is 11.1 Å². The van der Waals surface area contributed by atoms with Crippen molar-refractivity contribution in [2.24, 2.45) is 5.92 Å². The zero-order valence-corrected chi connectivity index (χ0v) is 15.8. The van der Waals surface area contributed by atoms with Gasteiger partial charge >= 0.3 is 5.97 Å². The Kier molecular flexibility index (Phi) is 4.20. The Balaban J connectivity index is 1.49. The van der Waals surface area contributed by atoms with E-state index in [2.05, 4.69) is 17.0 Å². The summed E-state index contributed by atoms with van der Waals surface area (Å²) in [6.07, 6.45) is 4.36. The second kappa shape index (κ2) is 6.74. The molecule has 2 saturated heterocycles. The SMILES string of the molecule is O=C(O)C1CC2CCC1N2CC(=O)N1c2ccccc2CCc2ccccc21. The van der Waals surface area contributed by atoms with Crippen LogP contribution >= 0.6 is 0 Å². The molecule has 1 N–H and O–H groups in total. The summed E-state index contributed by atoms with van der Waals surface area (Å²) < 4.78 is 0. The van der Waals surface area contributed by atoms with Gasteiger partial charge in [0.2, 0.25) is 5.91 Å². The van der Waals surface area contributed by atoms with Gasteiger partial charge in [0.25, 0.3) is 0 Å². The van der Waals surface area contributed by atoms with E-state index in [4.69, 9.17) is 0 Å². The van der Waals surface area contributed by atoms with Crippen molar-refractivity contribution in [2.75, 3.05) is 11.4 Å². The van der Waals surface area contributed by atoms with Gasteiger partial charge in [0.05, 0.1) is 23.8 Å². The molecule has 3 aliphatic rings. The summed E-state index contributed by atoms with van der Waals surface area (Å²) in [7, 11) is 0. The van der Waals surface area contributed by atoms with E-state index in [1.54, 1.807) is 0 Å². The molecule has 0 aromatic heterocycles. The predicted octanol–water partition coefficient (Wildman–Crippen LogP) is 3.39. The minimum Gasteiger partial charge on any atom is -0.481 e. The number of carboxylic acids is 1. The van der Waals surface area contributed by atoms with Crippen LogP contribution in [0.1, 0.15) is 30.4 Å². The number of carbonyl (C=O) groups excluding carboxylic acids is 1. The molecule has 3 atom stereocenters. The van der Waals surface area contributed by atoms with Gasteiger partial charge in [-0.15, -0.1) is 0 Å². The maximum absolute atomic E-state index is 13.6. The molecule has 0 saturated carbocycles. The van der Waals surface area contributed by atoms with Crippen LogP contribution in [0.2, 0.25) is 0 Å². The lowest BCUT2D eigenvalue weighted by Crippen LogP contribution is -2.42. The summed E-state index contributed by atoms with van der Waals surface area (Å²) in [5.74, 6) is -1.03. The first-order valence-corrected chi connectivity index (χ1v) is 10.1. The number of aliphatic carboxylic acids is 1. The van der Waals surface area contributed by atoms with Crippen LogP contribution in [0.4, 0.5) is 11.4 Å². The Bertz CT molecular complexity index is 893. The van der Waals surface area contributed by atoms with Gasteiger partial charge in [0.15, 0.2) is 0 Å². The number of hydrogen-bond acceptors (Lipinski definition) is 3. The monoisotopic (exact) mass is 376 g/mol. The number of carbonyl (C=O) groups is 2. The Morgan fingerprint density at radius 2 is 1.54 bits per heavy atom. The van der Waals surface area contributed by atoms with Crippen LogP contribution in [0.3, 0.4) is 0 Å². The second-order valence-electron chi connectivity index (χ2n) is 8.14. The van der Waals surface area contributed by atoms with E-state index in [1.807, 2.05) is 41.3 Å². The molecule has 0 radical (unpaired) electrons. The lowest BCUT2D eigenvalue weighted by Gasteiger charge is -2.29. The molecule has 1 amide bonds. The third kappa shape index (κ3) is 2.73. The molecule has 3 aliphatic heterocycles. The molecular weight excluding hydrogens is 352 g/mol. The minimum absolute atomic E-state index is 0.0103. The maximum Gasteiger partial charge on any atom is 0.308 e. The minimum atomic E-state index is -0.727. The molecule has 2 bridgehead atoms. The van der Waals surface area contributed by atoms with Crippen LogP contribution in [0.25, 0.3) is 0 Å². The van der Waals surface area contributed by atoms with Crippen molar-refractivity contribution < 1.29 is 14.7 Å². The van der Waals surface area contributed by atoms with Crippen molar-refractivity contribution in [1.29, 1.82) is 0 Å². The van der Waals surface area contributed by atoms with Gasteiger partial charge in [-0.05, 0) is 55.4 Å². The van der Waals surface area contributed by atoms with E-state index >= 15 is 0 Å². The van der Waals surface area contributed by atoms with Crippen LogP contribution in [-0.2, 0) is 22.4 Å². The molecule has 2 aromatic rings. The standard InChI is InChI=1S/C23H24N2O3/c26-22(14-24-17-11-12-21(24)18(13-17)23(27)28)25-19-7-3-1-5-15(19)9-10-16-6-2-4-8-20(16)25/h1-8,17-18,21H,9-14H2,(H,27,28). The average Bonchev–Trinajstić information content (AvgIpc) is 3.19. The summed E-state index contributed by atoms with van der Waals surface area (Å²) in [4.78, 5) is 29.2. The van der Waals surface area contributed by atoms with Crippen molar-refractivity contribution in [3.63, 3.8) is 0 Å². The van der Waals surface area contributed by atoms with E-state index in [0.29, 0.717) is 6.42 Å². The van der Waals surface area contributed by atoms with Crippen LogP contribution in [-0.4, -0.2) is 40.5 Å². The molecule has 5 rings (SSSR count). The third-order valence-corrected chi connectivity index (χ3v) is 6.69. The number of benzene rings is 2. The molecule has 0 aliphatic carbocycles. The number of aryl methyl sites for hydroxylation is 2. The van der Waals surface area contributed by atoms with E-state index in [0.717, 1.165) is 37.1 Å². The largest absolute Gasteiger partial charge is 0.481 e. The number of fused-ring (bicyclic) bond motifs is 4. The predicted molar refractivity (Wildman–Crippen MR) is 107 cm³/mol. The topological polar surface area (TPSA) is 60.9 Å². The molecule has 144 valence electrons. The van der Waals surface area contributed by atoms with Crippen LogP contribution in [0.5, 0.6) is 0 Å². The highest BCUT2D eigenvalue weighted by molar-refractivity contribution is 6.03. The maximum atomic E-state index is 13.6. The molecule has 28 heavy (non-hydrogen) atoms. The van der Waals surface area contributed by atoms with Gasteiger partial charge in [-0.3, -0.25) is 19.4 Å². The molecule has 3 unspecified atom stereocenters. The normalized spacial score (nSPS) is 25.9. The van der Waals surface area contributed by atoms with Gasteiger partial charge in [0.1, 0.15) is 0 Å². The Morgan fingerprint density at radius 1 is 0.929 bits per heavy atom. The Morgan fingerprint density at radius 3 is 2.11 bits per heavy atom. The van der Waals surface area contributed by atoms with Crippen molar-refractivity contribution in [2.45, 2.75) is 44.2 Å². The zero-order chi connectivity index (χ0) is 19.3. The van der Waals surface area contributed by atoms with Crippen molar-refractivity contribution >= 4 is 23.3 Å². The third-order valence-electron chi connectivity index (χ3n) is 6.69. The summed E-state index contributed by atoms with van der Waals surface area (Å²) in [6.45, 7) is 0.280. The van der Waals surface area contributed by atoms with E-state index < -0.39 is 5.97 Å². The fraction of sp³-hybridized carbons (Fsp3) is 0.391. The number of carboxylic acid groups (broad SMARTS) is 1. The number of nitrogens with zero attached hydrogens (tertiary/aromatic N) is 2. The van der Waals surface area contributed by atoms with Crippen molar-refractivity contribution in [1.82, 2.24) is 4.90 Å². The van der Waals surface area contributed by atoms with Gasteiger partial charge in [-0.2, -0.15) is 0 Å². The lowest BCUT2D eigenvalue weighted by atomic mass is 9.89. The van der Waals surface area contributed by atoms with Crippen molar-refractivity contribution in [3.8, 4) is 0 Å². The van der Waals surface area contributed by atoms with Crippen LogP contribution in [0.15, 0.2) is 48.5 Å². The first-order valence-electron chi connectivity index (χ1n) is 10.1. The molecular formula is C23H24N2O3. The highest BCUT2D eigenvalue weighted by Gasteiger charge is 2.50. The highest BCUT2D eigenvalue weighted by atomic mass is 16.4. The number of amides is 1. The molecule has 2 aromatic carbocycles. The van der Waals surface area contributed by atoms with E-state index in [9.17, 15) is 14.7 Å². The summed E-state index contributed by atoms with van der Waals surface area (Å²) >= 11 is 0. The number of hydrogen-bond donors (Lipinski definition) is 1. The van der Waals surface area contributed by atoms with Crippen LogP contribution < -0.4 is 4.90 Å². The molecule has 0 spiro atoms. The Hall–Kier alpha value is -2.66. The Labute approximate surface area is 164 Å². The van der Waals surface area contributed by atoms with Gasteiger partial charge < -0.3 is 5.11 Å². The fourth-order valence-corrected chi connectivity index (χ4v) is 5.39. The fourth-order valence-electron chi connectivity index (χ4n) is 5.39. The lowest BCUT2D eigenvalue weighted by molar-refractivity contribution is -0.142. The van der Waals surface area contributed by atoms with E-state index in [-0.39, 0.29) is 30.5 Å². The summed E-state index contributed by atoms with van der Waals surface area (Å²) in [6, 6.07) is 16.5. The molecule has 5 heteroatoms. The highest BCUT2D eigenvalue weighted by Crippen LogP contribution is 2.42. The first-order chi connectivity index (χ1) is 13.6. The molecule has 3 heterocycles. The number of anilines is 2. The van der Waals surface area contributed by atoms with Crippen LogP contribution in [0, 0.1) is 5.92 Å². The van der Waals surface area contributed by atoms with Gasteiger partial charge in [0, 0.05) is 12.1 Å². The quantitative estimate of drug-likeness (QED) is 0.892. The summed E-state index contributed by atoms with van der Waals surface area (Å²) in [5.41, 5.74) is 4.28. The zero-order valence-electron chi connectivity index (χ0n) is 15.8. The second-order valence-corrected chi connectivity index (χ2v) is 8.14. The molecule has 2 fully saturated rings. The first kappa shape index (κ1) is 17.4. The summed E-state index contributed by atoms with van der Waals surface area (Å²) in [5, 5.41) is 9.51. The van der Waals surface area contributed by atoms with Gasteiger partial charge in [-0.25, -0.2) is 0 Å². The van der Waals surface area contributed by atoms with Crippen molar-refractivity contribution in [3.05, 3.63) is 59.7 Å².